The van der Waals surface area contributed by atoms with Crippen LogP contribution in [0.25, 0.3) is 16.2 Å². The van der Waals surface area contributed by atoms with Gasteiger partial charge in [-0.15, -0.1) is 16.4 Å². The van der Waals surface area contributed by atoms with Crippen molar-refractivity contribution < 1.29 is 19.1 Å². The summed E-state index contributed by atoms with van der Waals surface area (Å²) in [6.45, 7) is 3.57. The second-order valence-electron chi connectivity index (χ2n) is 8.19. The van der Waals surface area contributed by atoms with Crippen LogP contribution in [0.3, 0.4) is 0 Å². The van der Waals surface area contributed by atoms with Crippen LogP contribution in [0.4, 0.5) is 5.95 Å². The van der Waals surface area contributed by atoms with E-state index in [2.05, 4.69) is 15.4 Å². The SMILES string of the molecule is COc1cccc(-c2csc3nc(NC(=O)C(C(C)C)N4C(=O)c5ccccc5C4=O)nn23)c1. The Hall–Kier alpha value is -4.05. The maximum atomic E-state index is 13.3. The van der Waals surface area contributed by atoms with Crippen molar-refractivity contribution in [3.63, 3.8) is 0 Å². The zero-order valence-electron chi connectivity index (χ0n) is 18.7. The number of hydrogen-bond donors (Lipinski definition) is 1. The number of ether oxygens (including phenoxy) is 1. The third-order valence-corrected chi connectivity index (χ3v) is 6.50. The first-order valence-electron chi connectivity index (χ1n) is 10.7. The molecule has 0 saturated heterocycles. The fraction of sp³-hybridized carbons (Fsp3) is 0.208. The topological polar surface area (TPSA) is 106 Å². The average Bonchev–Trinajstić information content (AvgIpc) is 3.47. The lowest BCUT2D eigenvalue weighted by atomic mass is 10.0. The van der Waals surface area contributed by atoms with E-state index >= 15 is 0 Å². The lowest BCUT2D eigenvalue weighted by Crippen LogP contribution is -2.50. The van der Waals surface area contributed by atoms with Crippen molar-refractivity contribution in [1.29, 1.82) is 0 Å². The van der Waals surface area contributed by atoms with Crippen LogP contribution in [0.5, 0.6) is 5.75 Å². The van der Waals surface area contributed by atoms with Crippen LogP contribution < -0.4 is 10.1 Å². The summed E-state index contributed by atoms with van der Waals surface area (Å²) in [5.74, 6) is -0.986. The Bertz CT molecular complexity index is 1410. The number of benzene rings is 2. The van der Waals surface area contributed by atoms with E-state index in [0.717, 1.165) is 16.2 Å². The molecule has 4 aromatic rings. The molecule has 172 valence electrons. The van der Waals surface area contributed by atoms with Gasteiger partial charge in [0.05, 0.1) is 23.9 Å². The van der Waals surface area contributed by atoms with E-state index in [-0.39, 0.29) is 11.9 Å². The van der Waals surface area contributed by atoms with Crippen molar-refractivity contribution in [2.45, 2.75) is 19.9 Å². The zero-order valence-corrected chi connectivity index (χ0v) is 19.5. The summed E-state index contributed by atoms with van der Waals surface area (Å²) in [5, 5.41) is 9.07. The van der Waals surface area contributed by atoms with E-state index < -0.39 is 23.8 Å². The molecule has 9 nitrogen and oxygen atoms in total. The number of nitrogens with one attached hydrogen (secondary N) is 1. The number of aromatic nitrogens is 3. The standard InChI is InChI=1S/C24H21N5O4S/c1-13(2)19(28-21(31)16-9-4-5-10-17(16)22(28)32)20(30)25-23-26-24-29(27-23)18(12-34-24)14-7-6-8-15(11-14)33-3/h4-13,19H,1-3H3,(H,25,27,30). The Labute approximate surface area is 199 Å². The number of hydrogen-bond acceptors (Lipinski definition) is 7. The van der Waals surface area contributed by atoms with Gasteiger partial charge < -0.3 is 4.74 Å². The van der Waals surface area contributed by atoms with E-state index in [1.807, 2.05) is 29.6 Å². The van der Waals surface area contributed by atoms with Crippen molar-refractivity contribution in [2.24, 2.45) is 5.92 Å². The fourth-order valence-electron chi connectivity index (χ4n) is 4.08. The van der Waals surface area contributed by atoms with Gasteiger partial charge >= 0.3 is 0 Å². The Morgan fingerprint density at radius 1 is 1.06 bits per heavy atom. The minimum Gasteiger partial charge on any atom is -0.497 e. The van der Waals surface area contributed by atoms with Gasteiger partial charge in [0, 0.05) is 10.9 Å². The maximum Gasteiger partial charge on any atom is 0.262 e. The molecule has 0 saturated carbocycles. The highest BCUT2D eigenvalue weighted by atomic mass is 32.1. The van der Waals surface area contributed by atoms with Gasteiger partial charge in [0.15, 0.2) is 0 Å². The summed E-state index contributed by atoms with van der Waals surface area (Å²) in [7, 11) is 1.60. The van der Waals surface area contributed by atoms with E-state index in [0.29, 0.717) is 21.8 Å². The van der Waals surface area contributed by atoms with Gasteiger partial charge in [0.2, 0.25) is 10.9 Å². The van der Waals surface area contributed by atoms with Crippen LogP contribution in [0.15, 0.2) is 53.9 Å². The van der Waals surface area contributed by atoms with Crippen LogP contribution in [-0.2, 0) is 4.79 Å². The Kier molecular flexibility index (Phi) is 5.37. The smallest absolute Gasteiger partial charge is 0.262 e. The van der Waals surface area contributed by atoms with Crippen LogP contribution in [0.1, 0.15) is 34.6 Å². The third-order valence-electron chi connectivity index (χ3n) is 5.69. The van der Waals surface area contributed by atoms with Crippen molar-refractivity contribution in [3.8, 4) is 17.0 Å². The molecule has 1 atom stereocenters. The van der Waals surface area contributed by atoms with Gasteiger partial charge in [0.25, 0.3) is 17.8 Å². The predicted molar refractivity (Wildman–Crippen MR) is 127 cm³/mol. The largest absolute Gasteiger partial charge is 0.497 e. The van der Waals surface area contributed by atoms with Gasteiger partial charge in [-0.25, -0.2) is 4.52 Å². The number of carbonyl (C=O) groups is 3. The Morgan fingerprint density at radius 2 is 1.76 bits per heavy atom. The van der Waals surface area contributed by atoms with E-state index in [9.17, 15) is 14.4 Å². The molecule has 1 aliphatic heterocycles. The molecule has 5 rings (SSSR count). The second kappa shape index (κ2) is 8.38. The normalized spacial score (nSPS) is 14.1. The Balaban J connectivity index is 1.43. The quantitative estimate of drug-likeness (QED) is 0.426. The lowest BCUT2D eigenvalue weighted by Gasteiger charge is -2.27. The molecule has 3 amide bonds. The summed E-state index contributed by atoms with van der Waals surface area (Å²) < 4.78 is 6.94. The van der Waals surface area contributed by atoms with Gasteiger partial charge in [-0.05, 0) is 30.2 Å². The number of fused-ring (bicyclic) bond motifs is 2. The third kappa shape index (κ3) is 3.52. The first-order valence-corrected chi connectivity index (χ1v) is 11.5. The molecule has 1 N–H and O–H groups in total. The molecule has 2 aromatic heterocycles. The first-order chi connectivity index (χ1) is 16.4. The molecule has 1 aliphatic rings. The lowest BCUT2D eigenvalue weighted by molar-refractivity contribution is -0.121. The van der Waals surface area contributed by atoms with Crippen molar-refractivity contribution in [2.75, 3.05) is 12.4 Å². The second-order valence-corrected chi connectivity index (χ2v) is 9.02. The summed E-state index contributed by atoms with van der Waals surface area (Å²) in [6, 6.07) is 13.1. The summed E-state index contributed by atoms with van der Waals surface area (Å²) >= 11 is 1.38. The molecular weight excluding hydrogens is 454 g/mol. The molecular formula is C24H21N5O4S. The number of thiazole rings is 1. The highest BCUT2D eigenvalue weighted by Crippen LogP contribution is 2.30. The zero-order chi connectivity index (χ0) is 24.0. The van der Waals surface area contributed by atoms with Gasteiger partial charge in [-0.3, -0.25) is 24.6 Å². The molecule has 2 aromatic carbocycles. The van der Waals surface area contributed by atoms with E-state index in [4.69, 9.17) is 4.74 Å². The average molecular weight is 476 g/mol. The molecule has 0 fully saturated rings. The summed E-state index contributed by atoms with van der Waals surface area (Å²) in [5.41, 5.74) is 2.29. The number of amides is 3. The molecule has 1 unspecified atom stereocenters. The minimum atomic E-state index is -1.01. The molecule has 0 radical (unpaired) electrons. The molecule has 3 heterocycles. The fourth-order valence-corrected chi connectivity index (χ4v) is 4.91. The van der Waals surface area contributed by atoms with Crippen LogP contribution in [0, 0.1) is 5.92 Å². The van der Waals surface area contributed by atoms with Crippen LogP contribution in [-0.4, -0.2) is 50.4 Å². The van der Waals surface area contributed by atoms with Crippen molar-refractivity contribution >= 4 is 40.0 Å². The van der Waals surface area contributed by atoms with Crippen molar-refractivity contribution in [3.05, 3.63) is 65.0 Å². The molecule has 34 heavy (non-hydrogen) atoms. The van der Waals surface area contributed by atoms with Gasteiger partial charge in [-0.2, -0.15) is 4.98 Å². The first kappa shape index (κ1) is 21.8. The highest BCUT2D eigenvalue weighted by Gasteiger charge is 2.44. The highest BCUT2D eigenvalue weighted by molar-refractivity contribution is 7.15. The molecule has 0 spiro atoms. The van der Waals surface area contributed by atoms with Gasteiger partial charge in [0.1, 0.15) is 11.8 Å². The molecule has 0 aliphatic carbocycles. The van der Waals surface area contributed by atoms with Gasteiger partial charge in [-0.1, -0.05) is 38.1 Å². The number of methoxy groups -OCH3 is 1. The number of anilines is 1. The van der Waals surface area contributed by atoms with Crippen LogP contribution in [0.2, 0.25) is 0 Å². The number of rotatable bonds is 6. The van der Waals surface area contributed by atoms with Crippen molar-refractivity contribution in [1.82, 2.24) is 19.5 Å². The molecule has 0 bridgehead atoms. The number of nitrogens with zero attached hydrogens (tertiary/aromatic N) is 4. The van der Waals surface area contributed by atoms with Crippen LogP contribution >= 0.6 is 11.3 Å². The monoisotopic (exact) mass is 475 g/mol. The minimum absolute atomic E-state index is 0.100. The number of imide groups is 1. The maximum absolute atomic E-state index is 13.3. The number of carbonyl (C=O) groups excluding carboxylic acids is 3. The van der Waals surface area contributed by atoms with E-state index in [1.165, 1.54) is 11.3 Å². The predicted octanol–water partition coefficient (Wildman–Crippen LogP) is 3.73. The Morgan fingerprint density at radius 3 is 2.41 bits per heavy atom. The molecule has 10 heteroatoms. The summed E-state index contributed by atoms with van der Waals surface area (Å²) in [4.78, 5) is 45.2. The summed E-state index contributed by atoms with van der Waals surface area (Å²) in [6.07, 6.45) is 0. The van der Waals surface area contributed by atoms with E-state index in [1.54, 1.807) is 49.7 Å².